The minimum absolute atomic E-state index is 0.218. The summed E-state index contributed by atoms with van der Waals surface area (Å²) in [5.74, 6) is 0. The first-order valence-corrected chi connectivity index (χ1v) is 5.86. The molecule has 1 aromatic rings. The van der Waals surface area contributed by atoms with Gasteiger partial charge in [-0.25, -0.2) is 0 Å². The molecule has 1 fully saturated rings. The summed E-state index contributed by atoms with van der Waals surface area (Å²) in [6, 6.07) is 3.69. The molecule has 1 atom stereocenters. The van der Waals surface area contributed by atoms with Gasteiger partial charge in [0.05, 0.1) is 20.8 Å². The Morgan fingerprint density at radius 1 is 1.13 bits per heavy atom. The fraction of sp³-hybridized carbons (Fsp3) is 0.400. The molecular formula is C10H11Cl3N2. The molecule has 82 valence electrons. The Bertz CT molecular complexity index is 381. The van der Waals surface area contributed by atoms with Gasteiger partial charge in [-0.15, -0.1) is 0 Å². The largest absolute Gasteiger partial charge is 0.369 e. The number of benzene rings is 1. The van der Waals surface area contributed by atoms with E-state index in [-0.39, 0.29) is 6.04 Å². The summed E-state index contributed by atoms with van der Waals surface area (Å²) >= 11 is 17.9. The second-order valence-corrected chi connectivity index (χ2v) is 4.93. The number of anilines is 1. The molecule has 0 radical (unpaired) electrons. The number of nitrogens with zero attached hydrogens (tertiary/aromatic N) is 1. The Morgan fingerprint density at radius 3 is 2.40 bits per heavy atom. The van der Waals surface area contributed by atoms with E-state index in [0.29, 0.717) is 15.1 Å². The van der Waals surface area contributed by atoms with Crippen LogP contribution in [0.2, 0.25) is 15.1 Å². The lowest BCUT2D eigenvalue weighted by Gasteiger charge is -2.20. The molecule has 0 spiro atoms. The lowest BCUT2D eigenvalue weighted by atomic mass is 10.3. The van der Waals surface area contributed by atoms with E-state index < -0.39 is 0 Å². The van der Waals surface area contributed by atoms with Crippen molar-refractivity contribution in [3.63, 3.8) is 0 Å². The summed E-state index contributed by atoms with van der Waals surface area (Å²) in [7, 11) is 0. The van der Waals surface area contributed by atoms with Crippen molar-refractivity contribution >= 4 is 40.5 Å². The molecule has 1 unspecified atom stereocenters. The number of halogens is 3. The van der Waals surface area contributed by atoms with Crippen molar-refractivity contribution in [1.82, 2.24) is 0 Å². The summed E-state index contributed by atoms with van der Waals surface area (Å²) in [6.07, 6.45) is 0.983. The van der Waals surface area contributed by atoms with Gasteiger partial charge in [-0.2, -0.15) is 0 Å². The maximum atomic E-state index is 6.10. The SMILES string of the molecule is NC1CCN(c2cc(Cl)c(Cl)cc2Cl)C1. The minimum atomic E-state index is 0.218. The van der Waals surface area contributed by atoms with Gasteiger partial charge in [0.1, 0.15) is 0 Å². The van der Waals surface area contributed by atoms with E-state index in [2.05, 4.69) is 4.90 Å². The summed E-state index contributed by atoms with van der Waals surface area (Å²) in [5.41, 5.74) is 6.75. The zero-order valence-corrected chi connectivity index (χ0v) is 10.3. The fourth-order valence-electron chi connectivity index (χ4n) is 1.76. The Morgan fingerprint density at radius 2 is 1.80 bits per heavy atom. The van der Waals surface area contributed by atoms with Crippen molar-refractivity contribution in [2.75, 3.05) is 18.0 Å². The van der Waals surface area contributed by atoms with Crippen LogP contribution >= 0.6 is 34.8 Å². The van der Waals surface area contributed by atoms with Crippen molar-refractivity contribution in [2.45, 2.75) is 12.5 Å². The molecule has 5 heteroatoms. The van der Waals surface area contributed by atoms with Gasteiger partial charge in [-0.05, 0) is 18.6 Å². The highest BCUT2D eigenvalue weighted by molar-refractivity contribution is 6.44. The topological polar surface area (TPSA) is 29.3 Å². The molecule has 2 rings (SSSR count). The van der Waals surface area contributed by atoms with Crippen molar-refractivity contribution in [3.05, 3.63) is 27.2 Å². The van der Waals surface area contributed by atoms with Gasteiger partial charge in [0.15, 0.2) is 0 Å². The zero-order valence-electron chi connectivity index (χ0n) is 8.01. The van der Waals surface area contributed by atoms with Crippen molar-refractivity contribution in [2.24, 2.45) is 5.73 Å². The predicted octanol–water partition coefficient (Wildman–Crippen LogP) is 3.18. The molecule has 0 saturated carbocycles. The fourth-order valence-corrected chi connectivity index (χ4v) is 2.42. The number of nitrogens with two attached hydrogens (primary N) is 1. The normalized spacial score (nSPS) is 21.1. The molecule has 0 amide bonds. The Labute approximate surface area is 104 Å². The number of hydrogen-bond donors (Lipinski definition) is 1. The van der Waals surface area contributed by atoms with Crippen LogP contribution in [-0.2, 0) is 0 Å². The summed E-state index contributed by atoms with van der Waals surface area (Å²) in [4.78, 5) is 2.13. The molecular weight excluding hydrogens is 254 g/mol. The van der Waals surface area contributed by atoms with Crippen molar-refractivity contribution < 1.29 is 0 Å². The standard InChI is InChI=1S/C10H11Cl3N2/c11-7-3-9(13)10(4-8(7)12)15-2-1-6(14)5-15/h3-4,6H,1-2,5,14H2. The van der Waals surface area contributed by atoms with Crippen LogP contribution in [0.15, 0.2) is 12.1 Å². The maximum absolute atomic E-state index is 6.10. The lowest BCUT2D eigenvalue weighted by molar-refractivity contribution is 0.752. The van der Waals surface area contributed by atoms with Gasteiger partial charge in [0.2, 0.25) is 0 Å². The van der Waals surface area contributed by atoms with Crippen LogP contribution in [0, 0.1) is 0 Å². The average Bonchev–Trinajstić information content (AvgIpc) is 2.58. The highest BCUT2D eigenvalue weighted by Crippen LogP contribution is 2.35. The smallest absolute Gasteiger partial charge is 0.0655 e. The van der Waals surface area contributed by atoms with E-state index >= 15 is 0 Å². The van der Waals surface area contributed by atoms with Crippen LogP contribution in [-0.4, -0.2) is 19.1 Å². The van der Waals surface area contributed by atoms with Crippen LogP contribution in [0.1, 0.15) is 6.42 Å². The summed E-state index contributed by atoms with van der Waals surface area (Å²) < 4.78 is 0. The second-order valence-electron chi connectivity index (χ2n) is 3.71. The van der Waals surface area contributed by atoms with Crippen LogP contribution in [0.5, 0.6) is 0 Å². The molecule has 1 aromatic carbocycles. The Balaban J connectivity index is 2.32. The summed E-state index contributed by atoms with van der Waals surface area (Å²) in [5, 5.41) is 1.63. The zero-order chi connectivity index (χ0) is 11.0. The number of rotatable bonds is 1. The van der Waals surface area contributed by atoms with Crippen LogP contribution in [0.4, 0.5) is 5.69 Å². The molecule has 1 saturated heterocycles. The third-order valence-corrected chi connectivity index (χ3v) is 3.58. The van der Waals surface area contributed by atoms with E-state index in [0.717, 1.165) is 25.2 Å². The Kier molecular flexibility index (Phi) is 3.31. The molecule has 0 bridgehead atoms. The first-order valence-electron chi connectivity index (χ1n) is 4.73. The van der Waals surface area contributed by atoms with Gasteiger partial charge in [-0.3, -0.25) is 0 Å². The van der Waals surface area contributed by atoms with E-state index in [4.69, 9.17) is 40.5 Å². The van der Waals surface area contributed by atoms with Gasteiger partial charge >= 0.3 is 0 Å². The first-order chi connectivity index (χ1) is 7.08. The molecule has 15 heavy (non-hydrogen) atoms. The molecule has 1 aliphatic rings. The minimum Gasteiger partial charge on any atom is -0.369 e. The molecule has 2 nitrogen and oxygen atoms in total. The highest BCUT2D eigenvalue weighted by atomic mass is 35.5. The number of hydrogen-bond acceptors (Lipinski definition) is 2. The van der Waals surface area contributed by atoms with E-state index in [9.17, 15) is 0 Å². The van der Waals surface area contributed by atoms with Gasteiger partial charge < -0.3 is 10.6 Å². The van der Waals surface area contributed by atoms with Crippen molar-refractivity contribution in [1.29, 1.82) is 0 Å². The maximum Gasteiger partial charge on any atom is 0.0655 e. The Hall–Kier alpha value is -0.150. The predicted molar refractivity (Wildman–Crippen MR) is 66.3 cm³/mol. The molecule has 2 N–H and O–H groups in total. The van der Waals surface area contributed by atoms with Crippen LogP contribution < -0.4 is 10.6 Å². The van der Waals surface area contributed by atoms with Crippen LogP contribution in [0.3, 0.4) is 0 Å². The van der Waals surface area contributed by atoms with Crippen molar-refractivity contribution in [3.8, 4) is 0 Å². The van der Waals surface area contributed by atoms with E-state index in [1.807, 2.05) is 0 Å². The third kappa shape index (κ3) is 2.34. The lowest BCUT2D eigenvalue weighted by Crippen LogP contribution is -2.26. The van der Waals surface area contributed by atoms with E-state index in [1.54, 1.807) is 12.1 Å². The summed E-state index contributed by atoms with van der Waals surface area (Å²) in [6.45, 7) is 1.73. The van der Waals surface area contributed by atoms with E-state index in [1.165, 1.54) is 0 Å². The molecule has 0 aromatic heterocycles. The second kappa shape index (κ2) is 4.38. The highest BCUT2D eigenvalue weighted by Gasteiger charge is 2.21. The molecule has 0 aliphatic carbocycles. The molecule has 1 aliphatic heterocycles. The van der Waals surface area contributed by atoms with Crippen LogP contribution in [0.25, 0.3) is 0 Å². The van der Waals surface area contributed by atoms with Gasteiger partial charge in [-0.1, -0.05) is 34.8 Å². The average molecular weight is 266 g/mol. The monoisotopic (exact) mass is 264 g/mol. The van der Waals surface area contributed by atoms with Gasteiger partial charge in [0, 0.05) is 19.1 Å². The quantitative estimate of drug-likeness (QED) is 0.790. The van der Waals surface area contributed by atoms with Gasteiger partial charge in [0.25, 0.3) is 0 Å². The third-order valence-electron chi connectivity index (χ3n) is 2.56. The first kappa shape index (κ1) is 11.3. The molecule has 1 heterocycles.